The maximum Gasteiger partial charge on any atom is 0.344 e. The fourth-order valence-electron chi connectivity index (χ4n) is 2.70. The van der Waals surface area contributed by atoms with Crippen LogP contribution in [0.1, 0.15) is 39.5 Å². The number of ether oxygens (including phenoxy) is 1. The van der Waals surface area contributed by atoms with Crippen LogP contribution in [0.2, 0.25) is 0 Å². The monoisotopic (exact) mass is 278 g/mol. The van der Waals surface area contributed by atoms with Crippen LogP contribution in [0.25, 0.3) is 6.08 Å². The SMILES string of the molecule is CC1=Cc2c(C(=O)Oc3ccc(C)cc3)ccc(C)c2C1. The van der Waals surface area contributed by atoms with Crippen LogP contribution >= 0.6 is 0 Å². The Morgan fingerprint density at radius 1 is 1.00 bits per heavy atom. The predicted molar refractivity (Wildman–Crippen MR) is 84.7 cm³/mol. The molecule has 0 unspecified atom stereocenters. The summed E-state index contributed by atoms with van der Waals surface area (Å²) in [6, 6.07) is 11.4. The predicted octanol–water partition coefficient (Wildman–Crippen LogP) is 4.48. The third-order valence-corrected chi connectivity index (χ3v) is 3.89. The lowest BCUT2D eigenvalue weighted by Gasteiger charge is -2.10. The van der Waals surface area contributed by atoms with Crippen LogP contribution in [0.15, 0.2) is 42.0 Å². The minimum absolute atomic E-state index is 0.291. The molecule has 2 heteroatoms. The van der Waals surface area contributed by atoms with Crippen LogP contribution in [-0.2, 0) is 6.42 Å². The molecule has 0 saturated carbocycles. The summed E-state index contributed by atoms with van der Waals surface area (Å²) < 4.78 is 5.49. The van der Waals surface area contributed by atoms with Gasteiger partial charge in [-0.25, -0.2) is 4.79 Å². The van der Waals surface area contributed by atoms with Crippen molar-refractivity contribution in [2.45, 2.75) is 27.2 Å². The van der Waals surface area contributed by atoms with Crippen molar-refractivity contribution in [3.8, 4) is 5.75 Å². The first-order valence-electron chi connectivity index (χ1n) is 7.13. The summed E-state index contributed by atoms with van der Waals surface area (Å²) in [5.41, 5.74) is 6.56. The van der Waals surface area contributed by atoms with E-state index in [0.29, 0.717) is 11.3 Å². The zero-order valence-electron chi connectivity index (χ0n) is 12.6. The molecule has 2 aromatic carbocycles. The van der Waals surface area contributed by atoms with Crippen LogP contribution in [0.3, 0.4) is 0 Å². The molecule has 0 fully saturated rings. The number of carbonyl (C=O) groups excluding carboxylic acids is 1. The average Bonchev–Trinajstić information content (AvgIpc) is 2.84. The summed E-state index contributed by atoms with van der Waals surface area (Å²) >= 11 is 0. The van der Waals surface area contributed by atoms with Crippen LogP contribution in [-0.4, -0.2) is 5.97 Å². The third kappa shape index (κ3) is 2.62. The molecule has 3 rings (SSSR count). The van der Waals surface area contributed by atoms with Gasteiger partial charge in [-0.05, 0) is 62.1 Å². The van der Waals surface area contributed by atoms with Crippen molar-refractivity contribution in [2.75, 3.05) is 0 Å². The molecule has 0 spiro atoms. The summed E-state index contributed by atoms with van der Waals surface area (Å²) in [5, 5.41) is 0. The molecule has 0 aliphatic heterocycles. The Balaban J connectivity index is 1.92. The van der Waals surface area contributed by atoms with E-state index < -0.39 is 0 Å². The molecular formula is C19H18O2. The van der Waals surface area contributed by atoms with Crippen LogP contribution in [0.4, 0.5) is 0 Å². The highest BCUT2D eigenvalue weighted by atomic mass is 16.5. The molecule has 2 nitrogen and oxygen atoms in total. The zero-order chi connectivity index (χ0) is 15.0. The molecule has 0 N–H and O–H groups in total. The van der Waals surface area contributed by atoms with Crippen LogP contribution < -0.4 is 4.74 Å². The number of esters is 1. The average molecular weight is 278 g/mol. The molecule has 1 aliphatic rings. The van der Waals surface area contributed by atoms with Gasteiger partial charge in [-0.15, -0.1) is 0 Å². The van der Waals surface area contributed by atoms with Gasteiger partial charge in [-0.2, -0.15) is 0 Å². The second kappa shape index (κ2) is 5.21. The van der Waals surface area contributed by atoms with Gasteiger partial charge in [0.25, 0.3) is 0 Å². The lowest BCUT2D eigenvalue weighted by molar-refractivity contribution is 0.0734. The molecule has 106 valence electrons. The lowest BCUT2D eigenvalue weighted by atomic mass is 9.98. The smallest absolute Gasteiger partial charge is 0.344 e. The van der Waals surface area contributed by atoms with Crippen molar-refractivity contribution in [1.29, 1.82) is 0 Å². The van der Waals surface area contributed by atoms with Crippen molar-refractivity contribution in [1.82, 2.24) is 0 Å². The van der Waals surface area contributed by atoms with E-state index in [0.717, 1.165) is 17.5 Å². The second-order valence-electron chi connectivity index (χ2n) is 5.69. The van der Waals surface area contributed by atoms with Gasteiger partial charge in [0.15, 0.2) is 0 Å². The number of aryl methyl sites for hydroxylation is 2. The fourth-order valence-corrected chi connectivity index (χ4v) is 2.70. The highest BCUT2D eigenvalue weighted by Crippen LogP contribution is 2.31. The molecule has 0 heterocycles. The summed E-state index contributed by atoms with van der Waals surface area (Å²) in [4.78, 5) is 12.4. The van der Waals surface area contributed by atoms with Gasteiger partial charge >= 0.3 is 5.97 Å². The van der Waals surface area contributed by atoms with E-state index in [4.69, 9.17) is 4.74 Å². The van der Waals surface area contributed by atoms with Gasteiger partial charge < -0.3 is 4.74 Å². The Hall–Kier alpha value is -2.35. The first-order chi connectivity index (χ1) is 10.0. The summed E-state index contributed by atoms with van der Waals surface area (Å²) in [6.07, 6.45) is 3.01. The van der Waals surface area contributed by atoms with Gasteiger partial charge in [0.05, 0.1) is 5.56 Å². The zero-order valence-corrected chi connectivity index (χ0v) is 12.6. The first-order valence-corrected chi connectivity index (χ1v) is 7.13. The summed E-state index contributed by atoms with van der Waals surface area (Å²) in [6.45, 7) is 6.18. The summed E-state index contributed by atoms with van der Waals surface area (Å²) in [5.74, 6) is 0.291. The highest BCUT2D eigenvalue weighted by molar-refractivity contribution is 5.96. The lowest BCUT2D eigenvalue weighted by Crippen LogP contribution is -2.11. The quantitative estimate of drug-likeness (QED) is 0.598. The number of benzene rings is 2. The third-order valence-electron chi connectivity index (χ3n) is 3.89. The normalized spacial score (nSPS) is 12.8. The first kappa shape index (κ1) is 13.6. The Morgan fingerprint density at radius 3 is 2.43 bits per heavy atom. The maximum absolute atomic E-state index is 12.4. The van der Waals surface area contributed by atoms with Gasteiger partial charge in [0.2, 0.25) is 0 Å². The molecular weight excluding hydrogens is 260 g/mol. The molecule has 0 saturated heterocycles. The number of hydrogen-bond donors (Lipinski definition) is 0. The Bertz CT molecular complexity index is 737. The van der Waals surface area contributed by atoms with E-state index in [1.807, 2.05) is 43.3 Å². The molecule has 1 aliphatic carbocycles. The van der Waals surface area contributed by atoms with E-state index in [1.54, 1.807) is 0 Å². The van der Waals surface area contributed by atoms with Crippen molar-refractivity contribution >= 4 is 12.0 Å². The van der Waals surface area contributed by atoms with Crippen LogP contribution in [0.5, 0.6) is 5.75 Å². The van der Waals surface area contributed by atoms with Gasteiger partial charge in [0.1, 0.15) is 5.75 Å². The van der Waals surface area contributed by atoms with Gasteiger partial charge in [0, 0.05) is 0 Å². The summed E-state index contributed by atoms with van der Waals surface area (Å²) in [7, 11) is 0. The van der Waals surface area contributed by atoms with Crippen molar-refractivity contribution < 1.29 is 9.53 Å². The van der Waals surface area contributed by atoms with E-state index in [9.17, 15) is 4.79 Å². The van der Waals surface area contributed by atoms with E-state index in [-0.39, 0.29) is 5.97 Å². The number of allylic oxidation sites excluding steroid dienone is 1. The minimum Gasteiger partial charge on any atom is -0.423 e. The minimum atomic E-state index is -0.291. The van der Waals surface area contributed by atoms with Crippen molar-refractivity contribution in [3.05, 3.63) is 69.8 Å². The number of carbonyl (C=O) groups is 1. The van der Waals surface area contributed by atoms with E-state index in [1.165, 1.54) is 16.7 Å². The van der Waals surface area contributed by atoms with Crippen molar-refractivity contribution in [2.24, 2.45) is 0 Å². The number of fused-ring (bicyclic) bond motifs is 1. The van der Waals surface area contributed by atoms with Crippen LogP contribution in [0, 0.1) is 13.8 Å². The standard InChI is InChI=1S/C19H18O2/c1-12-4-7-15(8-5-12)21-19(20)16-9-6-14(3)17-10-13(2)11-18(16)17/h4-9,11H,10H2,1-3H3. The Labute approximate surface area is 125 Å². The molecule has 0 atom stereocenters. The molecule has 0 aromatic heterocycles. The molecule has 0 bridgehead atoms. The largest absolute Gasteiger partial charge is 0.423 e. The Kier molecular flexibility index (Phi) is 3.38. The highest BCUT2D eigenvalue weighted by Gasteiger charge is 2.21. The van der Waals surface area contributed by atoms with E-state index in [2.05, 4.69) is 19.9 Å². The maximum atomic E-state index is 12.4. The van der Waals surface area contributed by atoms with Crippen molar-refractivity contribution in [3.63, 3.8) is 0 Å². The second-order valence-corrected chi connectivity index (χ2v) is 5.69. The van der Waals surface area contributed by atoms with Gasteiger partial charge in [-0.1, -0.05) is 35.4 Å². The number of rotatable bonds is 2. The molecule has 2 aromatic rings. The van der Waals surface area contributed by atoms with Gasteiger partial charge in [-0.3, -0.25) is 0 Å². The molecule has 21 heavy (non-hydrogen) atoms. The topological polar surface area (TPSA) is 26.3 Å². The van der Waals surface area contributed by atoms with E-state index >= 15 is 0 Å². The molecule has 0 radical (unpaired) electrons. The Morgan fingerprint density at radius 2 is 1.71 bits per heavy atom. The molecule has 0 amide bonds. The fraction of sp³-hybridized carbons (Fsp3) is 0.211. The number of hydrogen-bond acceptors (Lipinski definition) is 2.